The third-order valence-electron chi connectivity index (χ3n) is 3.04. The summed E-state index contributed by atoms with van der Waals surface area (Å²) in [4.78, 5) is 1.43. The van der Waals surface area contributed by atoms with Gasteiger partial charge in [0.05, 0.1) is 0 Å². The minimum atomic E-state index is 0.596. The van der Waals surface area contributed by atoms with Gasteiger partial charge >= 0.3 is 0 Å². The first-order valence-electron chi connectivity index (χ1n) is 5.78. The molecule has 0 aliphatic carbocycles. The maximum absolute atomic E-state index is 4.33. The largest absolute Gasteiger partial charge is 0.368 e. The van der Waals surface area contributed by atoms with E-state index >= 15 is 0 Å². The van der Waals surface area contributed by atoms with E-state index in [0.29, 0.717) is 5.92 Å². The molecule has 1 aromatic heterocycles. The smallest absolute Gasteiger partial charge is 0.147 e. The molecule has 88 valence electrons. The molecule has 0 radical (unpaired) electrons. The Balaban J connectivity index is 1.68. The Bertz CT molecular complexity index is 521. The lowest BCUT2D eigenvalue weighted by molar-refractivity contribution is 0.759. The molecule has 3 rings (SSSR count). The van der Waals surface area contributed by atoms with Crippen LogP contribution in [0.25, 0.3) is 0 Å². The third kappa shape index (κ3) is 2.17. The predicted molar refractivity (Wildman–Crippen MR) is 71.6 cm³/mol. The fraction of sp³-hybridized carbons (Fsp3) is 0.308. The molecule has 0 saturated carbocycles. The fourth-order valence-electron chi connectivity index (χ4n) is 2.14. The summed E-state index contributed by atoms with van der Waals surface area (Å²) in [5.41, 5.74) is 1.47. The van der Waals surface area contributed by atoms with Crippen molar-refractivity contribution in [2.24, 2.45) is 7.05 Å². The Kier molecular flexibility index (Phi) is 2.81. The maximum Gasteiger partial charge on any atom is 0.147 e. The Morgan fingerprint density at radius 1 is 1.41 bits per heavy atom. The van der Waals surface area contributed by atoms with Crippen molar-refractivity contribution in [3.8, 4) is 0 Å². The monoisotopic (exact) mass is 245 g/mol. The average molecular weight is 245 g/mol. The van der Waals surface area contributed by atoms with Gasteiger partial charge in [-0.2, -0.15) is 5.10 Å². The van der Waals surface area contributed by atoms with E-state index in [2.05, 4.69) is 34.7 Å². The lowest BCUT2D eigenvalue weighted by atomic mass is 10.0. The van der Waals surface area contributed by atoms with Crippen molar-refractivity contribution in [1.29, 1.82) is 0 Å². The Morgan fingerprint density at radius 3 is 3.12 bits per heavy atom. The van der Waals surface area contributed by atoms with E-state index in [-0.39, 0.29) is 0 Å². The molecule has 0 bridgehead atoms. The van der Waals surface area contributed by atoms with Gasteiger partial charge in [-0.05, 0) is 11.6 Å². The third-order valence-corrected chi connectivity index (χ3v) is 4.29. The van der Waals surface area contributed by atoms with E-state index in [1.165, 1.54) is 16.2 Å². The van der Waals surface area contributed by atoms with Gasteiger partial charge in [0.25, 0.3) is 0 Å². The van der Waals surface area contributed by atoms with Crippen molar-refractivity contribution < 1.29 is 0 Å². The standard InChI is InChI=1S/C13H15N3S/c1-16-7-6-13(15-16)14-8-10-9-17-12-5-3-2-4-11(10)12/h2-7,10H,8-9H2,1H3,(H,14,15). The molecule has 0 spiro atoms. The van der Waals surface area contributed by atoms with Crippen LogP contribution in [0.3, 0.4) is 0 Å². The molecule has 2 aromatic rings. The summed E-state index contributed by atoms with van der Waals surface area (Å²) >= 11 is 1.95. The Labute approximate surface area is 105 Å². The minimum Gasteiger partial charge on any atom is -0.368 e. The highest BCUT2D eigenvalue weighted by Crippen LogP contribution is 2.39. The first-order valence-corrected chi connectivity index (χ1v) is 6.77. The minimum absolute atomic E-state index is 0.596. The molecule has 1 aliphatic heterocycles. The Hall–Kier alpha value is -1.42. The number of aryl methyl sites for hydroxylation is 1. The summed E-state index contributed by atoms with van der Waals surface area (Å²) < 4.78 is 1.82. The number of hydrogen-bond donors (Lipinski definition) is 1. The molecular weight excluding hydrogens is 230 g/mol. The Morgan fingerprint density at radius 2 is 2.29 bits per heavy atom. The molecular formula is C13H15N3S. The lowest BCUT2D eigenvalue weighted by Crippen LogP contribution is -2.12. The van der Waals surface area contributed by atoms with Crippen LogP contribution in [-0.4, -0.2) is 22.1 Å². The molecule has 1 aliphatic rings. The molecule has 4 heteroatoms. The number of anilines is 1. The molecule has 1 aromatic carbocycles. The number of aromatic nitrogens is 2. The second-order valence-electron chi connectivity index (χ2n) is 4.30. The first-order chi connectivity index (χ1) is 8.33. The van der Waals surface area contributed by atoms with Crippen molar-refractivity contribution in [1.82, 2.24) is 9.78 Å². The van der Waals surface area contributed by atoms with Crippen LogP contribution in [0.2, 0.25) is 0 Å². The van der Waals surface area contributed by atoms with E-state index < -0.39 is 0 Å². The predicted octanol–water partition coefficient (Wildman–Crippen LogP) is 2.72. The normalized spacial score (nSPS) is 18.1. The summed E-state index contributed by atoms with van der Waals surface area (Å²) in [6, 6.07) is 10.7. The van der Waals surface area contributed by atoms with Gasteiger partial charge in [-0.15, -0.1) is 11.8 Å². The van der Waals surface area contributed by atoms with Crippen LogP contribution in [0.4, 0.5) is 5.82 Å². The van der Waals surface area contributed by atoms with Gasteiger partial charge in [0.15, 0.2) is 0 Å². The zero-order valence-electron chi connectivity index (χ0n) is 9.76. The van der Waals surface area contributed by atoms with Gasteiger partial charge in [-0.1, -0.05) is 18.2 Å². The van der Waals surface area contributed by atoms with Crippen molar-refractivity contribution in [3.63, 3.8) is 0 Å². The van der Waals surface area contributed by atoms with Crippen molar-refractivity contribution in [2.45, 2.75) is 10.8 Å². The highest BCUT2D eigenvalue weighted by Gasteiger charge is 2.22. The van der Waals surface area contributed by atoms with Crippen molar-refractivity contribution in [3.05, 3.63) is 42.1 Å². The molecule has 0 amide bonds. The van der Waals surface area contributed by atoms with Gasteiger partial charge in [0.1, 0.15) is 5.82 Å². The van der Waals surface area contributed by atoms with Crippen LogP contribution in [0.1, 0.15) is 11.5 Å². The lowest BCUT2D eigenvalue weighted by Gasteiger charge is -2.11. The number of fused-ring (bicyclic) bond motifs is 1. The summed E-state index contributed by atoms with van der Waals surface area (Å²) in [7, 11) is 1.94. The first kappa shape index (κ1) is 10.7. The SMILES string of the molecule is Cn1ccc(NCC2CSc3ccccc32)n1. The van der Waals surface area contributed by atoms with Crippen LogP contribution in [0.15, 0.2) is 41.4 Å². The van der Waals surface area contributed by atoms with Crippen LogP contribution in [0.5, 0.6) is 0 Å². The summed E-state index contributed by atoms with van der Waals surface area (Å²) in [6.07, 6.45) is 1.96. The molecule has 2 heterocycles. The fourth-order valence-corrected chi connectivity index (χ4v) is 3.39. The molecule has 0 saturated heterocycles. The second kappa shape index (κ2) is 4.45. The van der Waals surface area contributed by atoms with E-state index in [4.69, 9.17) is 0 Å². The van der Waals surface area contributed by atoms with Gasteiger partial charge < -0.3 is 5.32 Å². The zero-order valence-corrected chi connectivity index (χ0v) is 10.6. The average Bonchev–Trinajstić information content (AvgIpc) is 2.93. The van der Waals surface area contributed by atoms with E-state index in [1.54, 1.807) is 0 Å². The zero-order chi connectivity index (χ0) is 11.7. The molecule has 0 fully saturated rings. The summed E-state index contributed by atoms with van der Waals surface area (Å²) in [6.45, 7) is 0.959. The van der Waals surface area contributed by atoms with E-state index in [0.717, 1.165) is 12.4 Å². The van der Waals surface area contributed by atoms with Crippen molar-refractivity contribution >= 4 is 17.6 Å². The molecule has 3 nitrogen and oxygen atoms in total. The number of hydrogen-bond acceptors (Lipinski definition) is 3. The quantitative estimate of drug-likeness (QED) is 0.901. The van der Waals surface area contributed by atoms with Gasteiger partial charge in [0.2, 0.25) is 0 Å². The number of rotatable bonds is 3. The van der Waals surface area contributed by atoms with Crippen molar-refractivity contribution in [2.75, 3.05) is 17.6 Å². The molecule has 1 unspecified atom stereocenters. The second-order valence-corrected chi connectivity index (χ2v) is 5.36. The van der Waals surface area contributed by atoms with Crippen LogP contribution >= 0.6 is 11.8 Å². The molecule has 1 atom stereocenters. The topological polar surface area (TPSA) is 29.9 Å². The molecule has 1 N–H and O–H groups in total. The van der Waals surface area contributed by atoms with E-state index in [1.807, 2.05) is 35.8 Å². The maximum atomic E-state index is 4.33. The van der Waals surface area contributed by atoms with Gasteiger partial charge in [0, 0.05) is 42.4 Å². The van der Waals surface area contributed by atoms with E-state index in [9.17, 15) is 0 Å². The van der Waals surface area contributed by atoms with Gasteiger partial charge in [-0.25, -0.2) is 0 Å². The summed E-state index contributed by atoms with van der Waals surface area (Å²) in [5, 5.41) is 7.73. The molecule has 17 heavy (non-hydrogen) atoms. The number of thioether (sulfide) groups is 1. The number of nitrogens with one attached hydrogen (secondary N) is 1. The summed E-state index contributed by atoms with van der Waals surface area (Å²) in [5.74, 6) is 2.72. The number of nitrogens with zero attached hydrogens (tertiary/aromatic N) is 2. The highest BCUT2D eigenvalue weighted by molar-refractivity contribution is 7.99. The van der Waals surface area contributed by atoms with Crippen LogP contribution < -0.4 is 5.32 Å². The highest BCUT2D eigenvalue weighted by atomic mass is 32.2. The van der Waals surface area contributed by atoms with Crippen LogP contribution in [0, 0.1) is 0 Å². The number of benzene rings is 1. The van der Waals surface area contributed by atoms with Crippen LogP contribution in [-0.2, 0) is 7.05 Å². The van der Waals surface area contributed by atoms with Gasteiger partial charge in [-0.3, -0.25) is 4.68 Å².